The van der Waals surface area contributed by atoms with Crippen molar-refractivity contribution in [2.24, 2.45) is 10.2 Å². The van der Waals surface area contributed by atoms with Crippen molar-refractivity contribution in [2.75, 3.05) is 5.73 Å². The van der Waals surface area contributed by atoms with Crippen LogP contribution in [0.5, 0.6) is 0 Å². The van der Waals surface area contributed by atoms with Crippen LogP contribution in [0.2, 0.25) is 0 Å². The second-order valence-corrected chi connectivity index (χ2v) is 2.45. The summed E-state index contributed by atoms with van der Waals surface area (Å²) < 4.78 is 0. The average Bonchev–Trinajstić information content (AvgIpc) is 2.48. The molecular weight excluding hydrogens is 174 g/mol. The highest BCUT2D eigenvalue weighted by molar-refractivity contribution is 5.80. The summed E-state index contributed by atoms with van der Waals surface area (Å²) in [6.45, 7) is 0. The minimum absolute atomic E-state index is 0.150. The first kappa shape index (κ1) is 7.59. The van der Waals surface area contributed by atoms with Crippen LogP contribution in [-0.2, 0) is 4.79 Å². The molecule has 0 aromatic carbocycles. The van der Waals surface area contributed by atoms with Crippen molar-refractivity contribution in [3.05, 3.63) is 12.0 Å². The molecule has 1 atom stereocenters. The van der Waals surface area contributed by atoms with Gasteiger partial charge in [-0.1, -0.05) is 0 Å². The molecule has 1 aliphatic heterocycles. The maximum atomic E-state index is 10.6. The van der Waals surface area contributed by atoms with Crippen LogP contribution in [0.4, 0.5) is 11.5 Å². The van der Waals surface area contributed by atoms with Gasteiger partial charge in [-0.15, -0.1) is 5.11 Å². The molecule has 2 rings (SSSR count). The van der Waals surface area contributed by atoms with Crippen molar-refractivity contribution in [2.45, 2.75) is 6.04 Å². The number of fused-ring (bicyclic) bond motifs is 1. The average molecular weight is 179 g/mol. The molecular formula is C6H5N5O2. The lowest BCUT2D eigenvalue weighted by molar-refractivity contribution is -0.138. The highest BCUT2D eigenvalue weighted by Gasteiger charge is 2.30. The predicted octanol–water partition coefficient (Wildman–Crippen LogP) is 0.282. The van der Waals surface area contributed by atoms with E-state index in [9.17, 15) is 4.79 Å². The fourth-order valence-corrected chi connectivity index (χ4v) is 1.05. The van der Waals surface area contributed by atoms with E-state index in [2.05, 4.69) is 20.2 Å². The molecule has 66 valence electrons. The Balaban J connectivity index is 2.55. The number of aliphatic carboxylic acids is 1. The lowest BCUT2D eigenvalue weighted by Gasteiger charge is -2.00. The van der Waals surface area contributed by atoms with Crippen LogP contribution in [0.15, 0.2) is 16.6 Å². The molecule has 3 N–H and O–H groups in total. The quantitative estimate of drug-likeness (QED) is 0.642. The van der Waals surface area contributed by atoms with Gasteiger partial charge in [-0.05, 0) is 0 Å². The Hall–Kier alpha value is -2.05. The Morgan fingerprint density at radius 1 is 1.54 bits per heavy atom. The third-order valence-electron chi connectivity index (χ3n) is 1.65. The van der Waals surface area contributed by atoms with E-state index in [1.165, 1.54) is 6.33 Å². The van der Waals surface area contributed by atoms with Gasteiger partial charge in [0.15, 0.2) is 11.5 Å². The Morgan fingerprint density at radius 3 is 3.00 bits per heavy atom. The van der Waals surface area contributed by atoms with E-state index < -0.39 is 12.0 Å². The van der Waals surface area contributed by atoms with E-state index in [4.69, 9.17) is 10.8 Å². The van der Waals surface area contributed by atoms with E-state index in [1.54, 1.807) is 0 Å². The standard InChI is InChI=1S/C6H5N5O2/c7-5-3-2(8-1-9-5)4(6(12)13)11-10-3/h1,4H,(H,12,13)(H2,7,8,9)/t4-/m0/s1. The van der Waals surface area contributed by atoms with Crippen LogP contribution >= 0.6 is 0 Å². The topological polar surface area (TPSA) is 114 Å². The zero-order chi connectivity index (χ0) is 9.42. The van der Waals surface area contributed by atoms with E-state index >= 15 is 0 Å². The second-order valence-electron chi connectivity index (χ2n) is 2.45. The number of anilines is 1. The van der Waals surface area contributed by atoms with Gasteiger partial charge < -0.3 is 10.8 Å². The molecule has 1 aliphatic rings. The Kier molecular flexibility index (Phi) is 1.44. The summed E-state index contributed by atoms with van der Waals surface area (Å²) in [6, 6.07) is -1.04. The third kappa shape index (κ3) is 1.01. The van der Waals surface area contributed by atoms with Crippen molar-refractivity contribution >= 4 is 17.5 Å². The van der Waals surface area contributed by atoms with Gasteiger partial charge in [0, 0.05) is 0 Å². The first-order valence-corrected chi connectivity index (χ1v) is 3.44. The zero-order valence-electron chi connectivity index (χ0n) is 6.38. The van der Waals surface area contributed by atoms with Crippen molar-refractivity contribution in [3.63, 3.8) is 0 Å². The van der Waals surface area contributed by atoms with E-state index in [0.717, 1.165) is 0 Å². The van der Waals surface area contributed by atoms with Crippen molar-refractivity contribution in [1.82, 2.24) is 9.97 Å². The van der Waals surface area contributed by atoms with Crippen molar-refractivity contribution in [3.8, 4) is 0 Å². The summed E-state index contributed by atoms with van der Waals surface area (Å²) in [7, 11) is 0. The summed E-state index contributed by atoms with van der Waals surface area (Å²) in [5, 5.41) is 15.8. The van der Waals surface area contributed by atoms with E-state index in [1.807, 2.05) is 0 Å². The van der Waals surface area contributed by atoms with Crippen LogP contribution in [-0.4, -0.2) is 21.0 Å². The fraction of sp³-hybridized carbons (Fsp3) is 0.167. The number of carboxylic acid groups (broad SMARTS) is 1. The number of azo groups is 1. The lowest BCUT2D eigenvalue weighted by Crippen LogP contribution is -2.08. The zero-order valence-corrected chi connectivity index (χ0v) is 6.38. The van der Waals surface area contributed by atoms with Gasteiger partial charge in [0.25, 0.3) is 0 Å². The molecule has 0 saturated carbocycles. The molecule has 0 aliphatic carbocycles. The highest BCUT2D eigenvalue weighted by atomic mass is 16.4. The minimum atomic E-state index is -1.10. The molecule has 1 aromatic heterocycles. The SMILES string of the molecule is Nc1ncnc2c1N=N[C@@H]2C(=O)O. The second kappa shape index (κ2) is 2.47. The van der Waals surface area contributed by atoms with Gasteiger partial charge in [-0.25, -0.2) is 14.8 Å². The first-order valence-electron chi connectivity index (χ1n) is 3.44. The summed E-state index contributed by atoms with van der Waals surface area (Å²) in [5.41, 5.74) is 5.95. The van der Waals surface area contributed by atoms with Crippen LogP contribution < -0.4 is 5.73 Å². The summed E-state index contributed by atoms with van der Waals surface area (Å²) in [4.78, 5) is 18.0. The van der Waals surface area contributed by atoms with Crippen molar-refractivity contribution in [1.29, 1.82) is 0 Å². The molecule has 0 radical (unpaired) electrons. The van der Waals surface area contributed by atoms with E-state index in [0.29, 0.717) is 0 Å². The minimum Gasteiger partial charge on any atom is -0.479 e. The number of hydrogen-bond acceptors (Lipinski definition) is 6. The van der Waals surface area contributed by atoms with Gasteiger partial charge in [-0.2, -0.15) is 5.11 Å². The van der Waals surface area contributed by atoms with Gasteiger partial charge in [0.05, 0.1) is 0 Å². The number of rotatable bonds is 1. The predicted molar refractivity (Wildman–Crippen MR) is 41.3 cm³/mol. The summed E-state index contributed by atoms with van der Waals surface area (Å²) in [6.07, 6.45) is 1.19. The summed E-state index contributed by atoms with van der Waals surface area (Å²) >= 11 is 0. The molecule has 7 nitrogen and oxygen atoms in total. The molecule has 0 spiro atoms. The van der Waals surface area contributed by atoms with Crippen LogP contribution in [0.3, 0.4) is 0 Å². The van der Waals surface area contributed by atoms with Crippen molar-refractivity contribution < 1.29 is 9.90 Å². The molecule has 0 amide bonds. The van der Waals surface area contributed by atoms with Gasteiger partial charge >= 0.3 is 5.97 Å². The van der Waals surface area contributed by atoms with Crippen LogP contribution in [0, 0.1) is 0 Å². The lowest BCUT2D eigenvalue weighted by atomic mass is 10.2. The van der Waals surface area contributed by atoms with Gasteiger partial charge in [0.1, 0.15) is 12.0 Å². The molecule has 13 heavy (non-hydrogen) atoms. The fourth-order valence-electron chi connectivity index (χ4n) is 1.05. The molecule has 7 heteroatoms. The number of carboxylic acids is 1. The first-order chi connectivity index (χ1) is 6.20. The number of nitrogens with two attached hydrogens (primary N) is 1. The highest BCUT2D eigenvalue weighted by Crippen LogP contribution is 2.36. The number of nitrogen functional groups attached to an aromatic ring is 1. The number of aromatic nitrogens is 2. The maximum absolute atomic E-state index is 10.6. The number of carbonyl (C=O) groups is 1. The molecule has 2 heterocycles. The van der Waals surface area contributed by atoms with E-state index in [-0.39, 0.29) is 17.2 Å². The van der Waals surface area contributed by atoms with Crippen LogP contribution in [0.25, 0.3) is 0 Å². The monoisotopic (exact) mass is 179 g/mol. The molecule has 0 bridgehead atoms. The van der Waals surface area contributed by atoms with Gasteiger partial charge in [-0.3, -0.25) is 0 Å². The Labute approximate surface area is 72.3 Å². The molecule has 0 saturated heterocycles. The Bertz CT molecular complexity index is 402. The maximum Gasteiger partial charge on any atom is 0.336 e. The smallest absolute Gasteiger partial charge is 0.336 e. The van der Waals surface area contributed by atoms with Crippen LogP contribution in [0.1, 0.15) is 11.7 Å². The molecule has 0 fully saturated rings. The molecule has 1 aromatic rings. The largest absolute Gasteiger partial charge is 0.479 e. The number of hydrogen-bond donors (Lipinski definition) is 2. The summed E-state index contributed by atoms with van der Waals surface area (Å²) in [5.74, 6) is -0.946. The third-order valence-corrected chi connectivity index (χ3v) is 1.65. The Morgan fingerprint density at radius 2 is 2.31 bits per heavy atom. The molecule has 0 unspecified atom stereocenters. The normalized spacial score (nSPS) is 18.6. The number of nitrogens with zero attached hydrogens (tertiary/aromatic N) is 4. The van der Waals surface area contributed by atoms with Gasteiger partial charge in [0.2, 0.25) is 6.04 Å².